The van der Waals surface area contributed by atoms with Crippen molar-refractivity contribution in [3.8, 4) is 0 Å². The Kier molecular flexibility index (Phi) is 5.95. The van der Waals surface area contributed by atoms with Gasteiger partial charge in [-0.3, -0.25) is 19.3 Å². The Morgan fingerprint density at radius 3 is 1.95 bits per heavy atom. The molecule has 108 valence electrons. The molecule has 0 saturated carbocycles. The van der Waals surface area contributed by atoms with Crippen molar-refractivity contribution in [2.24, 2.45) is 0 Å². The highest BCUT2D eigenvalue weighted by molar-refractivity contribution is 6.30. The summed E-state index contributed by atoms with van der Waals surface area (Å²) >= 11 is 5.70. The van der Waals surface area contributed by atoms with Crippen LogP contribution in [0.3, 0.4) is 0 Å². The number of hydrogen-bond donors (Lipinski definition) is 3. The van der Waals surface area contributed by atoms with E-state index in [1.165, 1.54) is 0 Å². The van der Waals surface area contributed by atoms with Crippen LogP contribution in [0.15, 0.2) is 24.3 Å². The fraction of sp³-hybridized carbons (Fsp3) is 0.250. The molecule has 0 saturated heterocycles. The quantitative estimate of drug-likeness (QED) is 0.686. The van der Waals surface area contributed by atoms with Crippen molar-refractivity contribution in [3.05, 3.63) is 29.3 Å². The molecule has 0 aliphatic rings. The Balaban J connectivity index is 2.58. The summed E-state index contributed by atoms with van der Waals surface area (Å²) in [5.41, 5.74) is 0.491. The summed E-state index contributed by atoms with van der Waals surface area (Å²) in [6.45, 7) is -1.39. The van der Waals surface area contributed by atoms with Crippen LogP contribution in [0, 0.1) is 0 Å². The lowest BCUT2D eigenvalue weighted by Crippen LogP contribution is -2.40. The van der Waals surface area contributed by atoms with E-state index in [0.717, 1.165) is 4.90 Å². The van der Waals surface area contributed by atoms with Gasteiger partial charge in [0.2, 0.25) is 5.91 Å². The van der Waals surface area contributed by atoms with Crippen LogP contribution in [-0.4, -0.2) is 52.6 Å². The van der Waals surface area contributed by atoms with Gasteiger partial charge in [0, 0.05) is 10.7 Å². The second-order valence-electron chi connectivity index (χ2n) is 3.99. The first-order chi connectivity index (χ1) is 9.36. The molecule has 0 unspecified atom stereocenters. The Hall–Kier alpha value is -2.12. The summed E-state index contributed by atoms with van der Waals surface area (Å²) in [5.74, 6) is -2.91. The van der Waals surface area contributed by atoms with Crippen LogP contribution in [0.5, 0.6) is 0 Å². The SMILES string of the molecule is O=C(O)CN(CC(=O)O)CC(=O)Nc1ccc(Cl)cc1. The monoisotopic (exact) mass is 300 g/mol. The lowest BCUT2D eigenvalue weighted by molar-refractivity contribution is -0.142. The molecule has 1 aromatic carbocycles. The van der Waals surface area contributed by atoms with Crippen molar-refractivity contribution < 1.29 is 24.6 Å². The average molecular weight is 301 g/mol. The zero-order chi connectivity index (χ0) is 15.1. The molecule has 0 bridgehead atoms. The Morgan fingerprint density at radius 2 is 1.50 bits per heavy atom. The molecular formula is C12H13ClN2O5. The maximum Gasteiger partial charge on any atom is 0.317 e. The van der Waals surface area contributed by atoms with Gasteiger partial charge in [0.1, 0.15) is 0 Å². The molecule has 1 rings (SSSR count). The van der Waals surface area contributed by atoms with Gasteiger partial charge in [-0.05, 0) is 24.3 Å². The van der Waals surface area contributed by atoms with E-state index < -0.39 is 30.9 Å². The molecular weight excluding hydrogens is 288 g/mol. The maximum absolute atomic E-state index is 11.7. The summed E-state index contributed by atoms with van der Waals surface area (Å²) < 4.78 is 0. The minimum atomic E-state index is -1.20. The third kappa shape index (κ3) is 6.17. The van der Waals surface area contributed by atoms with Gasteiger partial charge < -0.3 is 15.5 Å². The summed E-state index contributed by atoms with van der Waals surface area (Å²) in [4.78, 5) is 33.9. The first kappa shape index (κ1) is 15.9. The number of amides is 1. The van der Waals surface area contributed by atoms with Crippen molar-refractivity contribution in [2.45, 2.75) is 0 Å². The number of hydrogen-bond acceptors (Lipinski definition) is 4. The number of halogens is 1. The number of carboxylic acid groups (broad SMARTS) is 2. The number of benzene rings is 1. The number of carboxylic acids is 2. The first-order valence-corrected chi connectivity index (χ1v) is 5.96. The van der Waals surface area contributed by atoms with E-state index in [1.54, 1.807) is 24.3 Å². The number of aliphatic carboxylic acids is 2. The highest BCUT2D eigenvalue weighted by atomic mass is 35.5. The van der Waals surface area contributed by atoms with E-state index in [2.05, 4.69) is 5.32 Å². The summed E-state index contributed by atoms with van der Waals surface area (Å²) in [6, 6.07) is 6.34. The zero-order valence-electron chi connectivity index (χ0n) is 10.4. The molecule has 0 aliphatic carbocycles. The van der Waals surface area contributed by atoms with Gasteiger partial charge in [0.05, 0.1) is 19.6 Å². The van der Waals surface area contributed by atoms with Crippen LogP contribution in [0.2, 0.25) is 5.02 Å². The molecule has 0 aromatic heterocycles. The maximum atomic E-state index is 11.7. The highest BCUT2D eigenvalue weighted by Crippen LogP contribution is 2.13. The Bertz CT molecular complexity index is 487. The molecule has 0 fully saturated rings. The standard InChI is InChI=1S/C12H13ClN2O5/c13-8-1-3-9(4-2-8)14-10(16)5-15(6-11(17)18)7-12(19)20/h1-4H,5-7H2,(H,14,16)(H,17,18)(H,19,20). The number of rotatable bonds is 7. The fourth-order valence-corrected chi connectivity index (χ4v) is 1.61. The van der Waals surface area contributed by atoms with Gasteiger partial charge in [-0.1, -0.05) is 11.6 Å². The largest absolute Gasteiger partial charge is 0.480 e. The van der Waals surface area contributed by atoms with Crippen LogP contribution in [0.4, 0.5) is 5.69 Å². The molecule has 0 spiro atoms. The molecule has 7 nitrogen and oxygen atoms in total. The predicted molar refractivity (Wildman–Crippen MR) is 71.8 cm³/mol. The van der Waals surface area contributed by atoms with E-state index in [-0.39, 0.29) is 6.54 Å². The molecule has 0 atom stereocenters. The predicted octanol–water partition coefficient (Wildman–Crippen LogP) is 0.750. The molecule has 3 N–H and O–H groups in total. The topological polar surface area (TPSA) is 107 Å². The molecule has 0 aliphatic heterocycles. The second kappa shape index (κ2) is 7.46. The Labute approximate surface area is 119 Å². The number of nitrogens with one attached hydrogen (secondary N) is 1. The number of carbonyl (C=O) groups is 3. The van der Waals surface area contributed by atoms with Crippen LogP contribution >= 0.6 is 11.6 Å². The van der Waals surface area contributed by atoms with E-state index in [0.29, 0.717) is 10.7 Å². The second-order valence-corrected chi connectivity index (χ2v) is 4.42. The first-order valence-electron chi connectivity index (χ1n) is 5.58. The number of anilines is 1. The van der Waals surface area contributed by atoms with E-state index in [4.69, 9.17) is 21.8 Å². The Morgan fingerprint density at radius 1 is 1.00 bits per heavy atom. The highest BCUT2D eigenvalue weighted by Gasteiger charge is 2.16. The minimum Gasteiger partial charge on any atom is -0.480 e. The molecule has 20 heavy (non-hydrogen) atoms. The molecule has 8 heteroatoms. The van der Waals surface area contributed by atoms with Gasteiger partial charge in [-0.25, -0.2) is 0 Å². The van der Waals surface area contributed by atoms with Crippen LogP contribution < -0.4 is 5.32 Å². The average Bonchev–Trinajstić information content (AvgIpc) is 2.30. The lowest BCUT2D eigenvalue weighted by Gasteiger charge is -2.17. The van der Waals surface area contributed by atoms with Gasteiger partial charge in [0.25, 0.3) is 0 Å². The summed E-state index contributed by atoms with van der Waals surface area (Å²) in [5, 5.41) is 20.3. The number of nitrogens with zero attached hydrogens (tertiary/aromatic N) is 1. The van der Waals surface area contributed by atoms with Gasteiger partial charge in [0.15, 0.2) is 0 Å². The van der Waals surface area contributed by atoms with Crippen molar-refractivity contribution >= 4 is 35.1 Å². The van der Waals surface area contributed by atoms with Crippen LogP contribution in [0.1, 0.15) is 0 Å². The van der Waals surface area contributed by atoms with E-state index in [9.17, 15) is 14.4 Å². The number of carbonyl (C=O) groups excluding carboxylic acids is 1. The minimum absolute atomic E-state index is 0.332. The van der Waals surface area contributed by atoms with Crippen LogP contribution in [0.25, 0.3) is 0 Å². The summed E-state index contributed by atoms with van der Waals surface area (Å²) in [6.07, 6.45) is 0. The molecule has 1 aromatic rings. The normalized spacial score (nSPS) is 10.3. The van der Waals surface area contributed by atoms with Crippen LogP contribution in [-0.2, 0) is 14.4 Å². The third-order valence-corrected chi connectivity index (χ3v) is 2.46. The smallest absolute Gasteiger partial charge is 0.317 e. The van der Waals surface area contributed by atoms with Crippen molar-refractivity contribution in [1.82, 2.24) is 4.90 Å². The van der Waals surface area contributed by atoms with E-state index in [1.807, 2.05) is 0 Å². The zero-order valence-corrected chi connectivity index (χ0v) is 11.1. The molecule has 0 heterocycles. The van der Waals surface area contributed by atoms with E-state index >= 15 is 0 Å². The summed E-state index contributed by atoms with van der Waals surface area (Å²) in [7, 11) is 0. The van der Waals surface area contributed by atoms with Gasteiger partial charge in [-0.2, -0.15) is 0 Å². The third-order valence-electron chi connectivity index (χ3n) is 2.21. The van der Waals surface area contributed by atoms with Crippen molar-refractivity contribution in [3.63, 3.8) is 0 Å². The van der Waals surface area contributed by atoms with Crippen molar-refractivity contribution in [1.29, 1.82) is 0 Å². The van der Waals surface area contributed by atoms with Crippen molar-refractivity contribution in [2.75, 3.05) is 25.0 Å². The van der Waals surface area contributed by atoms with Gasteiger partial charge in [-0.15, -0.1) is 0 Å². The fourth-order valence-electron chi connectivity index (χ4n) is 1.49. The lowest BCUT2D eigenvalue weighted by atomic mass is 10.3. The molecule has 0 radical (unpaired) electrons. The molecule has 1 amide bonds. The van der Waals surface area contributed by atoms with Gasteiger partial charge >= 0.3 is 11.9 Å².